The molecule has 0 bridgehead atoms. The molecule has 0 aliphatic carbocycles. The number of amides is 1. The third-order valence-corrected chi connectivity index (χ3v) is 2.80. The number of hydrogen-bond acceptors (Lipinski definition) is 3. The molecule has 0 fully saturated rings. The van der Waals surface area contributed by atoms with E-state index in [1.54, 1.807) is 24.3 Å². The summed E-state index contributed by atoms with van der Waals surface area (Å²) < 4.78 is 13.2. The molecule has 0 spiro atoms. The second kappa shape index (κ2) is 6.04. The Balaban J connectivity index is 2.19. The van der Waals surface area contributed by atoms with Crippen molar-refractivity contribution in [3.05, 3.63) is 59.4 Å². The standard InChI is InChI=1S/C15H13FN2O3/c16-10-4-5-13(17)12(8-10)15(21)18-11-3-1-2-9(6-11)7-14(19)20/h1-6,8H,7,17H2,(H,18,21)(H,19,20). The van der Waals surface area contributed by atoms with E-state index in [0.29, 0.717) is 11.3 Å². The van der Waals surface area contributed by atoms with Gasteiger partial charge in [-0.15, -0.1) is 0 Å². The molecular formula is C15H13FN2O3. The zero-order valence-corrected chi connectivity index (χ0v) is 11.0. The van der Waals surface area contributed by atoms with Gasteiger partial charge in [0.15, 0.2) is 0 Å². The first-order valence-corrected chi connectivity index (χ1v) is 6.13. The second-order valence-electron chi connectivity index (χ2n) is 4.46. The van der Waals surface area contributed by atoms with E-state index in [1.807, 2.05) is 0 Å². The summed E-state index contributed by atoms with van der Waals surface area (Å²) in [7, 11) is 0. The fourth-order valence-corrected chi connectivity index (χ4v) is 1.86. The molecule has 0 radical (unpaired) electrons. The zero-order valence-electron chi connectivity index (χ0n) is 11.0. The van der Waals surface area contributed by atoms with Crippen LogP contribution in [0.5, 0.6) is 0 Å². The third kappa shape index (κ3) is 3.79. The summed E-state index contributed by atoms with van der Waals surface area (Å²) in [6.45, 7) is 0. The summed E-state index contributed by atoms with van der Waals surface area (Å²) in [5.74, 6) is -2.08. The van der Waals surface area contributed by atoms with Gasteiger partial charge >= 0.3 is 5.97 Å². The minimum Gasteiger partial charge on any atom is -0.481 e. The highest BCUT2D eigenvalue weighted by atomic mass is 19.1. The number of halogens is 1. The molecule has 0 saturated heterocycles. The Kier molecular flexibility index (Phi) is 4.18. The predicted octanol–water partition coefficient (Wildman–Crippen LogP) is 2.29. The van der Waals surface area contributed by atoms with E-state index >= 15 is 0 Å². The summed E-state index contributed by atoms with van der Waals surface area (Å²) in [5, 5.41) is 11.3. The molecule has 2 rings (SSSR count). The van der Waals surface area contributed by atoms with E-state index in [2.05, 4.69) is 5.32 Å². The van der Waals surface area contributed by atoms with Crippen LogP contribution in [0, 0.1) is 5.82 Å². The molecule has 1 amide bonds. The Hall–Kier alpha value is -2.89. The van der Waals surface area contributed by atoms with Crippen molar-refractivity contribution in [1.29, 1.82) is 0 Å². The Morgan fingerprint density at radius 3 is 2.67 bits per heavy atom. The summed E-state index contributed by atoms with van der Waals surface area (Å²) >= 11 is 0. The zero-order chi connectivity index (χ0) is 15.4. The van der Waals surface area contributed by atoms with Crippen LogP contribution in [-0.2, 0) is 11.2 Å². The van der Waals surface area contributed by atoms with Gasteiger partial charge < -0.3 is 16.2 Å². The number of hydrogen-bond donors (Lipinski definition) is 3. The van der Waals surface area contributed by atoms with Crippen molar-refractivity contribution < 1.29 is 19.1 Å². The molecule has 21 heavy (non-hydrogen) atoms. The predicted molar refractivity (Wildman–Crippen MR) is 76.5 cm³/mol. The molecule has 0 aromatic heterocycles. The molecule has 0 aliphatic rings. The van der Waals surface area contributed by atoms with Gasteiger partial charge in [0.25, 0.3) is 5.91 Å². The van der Waals surface area contributed by atoms with Gasteiger partial charge in [-0.25, -0.2) is 4.39 Å². The number of nitrogens with two attached hydrogens (primary N) is 1. The van der Waals surface area contributed by atoms with Crippen molar-refractivity contribution >= 4 is 23.3 Å². The molecule has 108 valence electrons. The van der Waals surface area contributed by atoms with Crippen LogP contribution >= 0.6 is 0 Å². The number of carboxylic acids is 1. The third-order valence-electron chi connectivity index (χ3n) is 2.80. The van der Waals surface area contributed by atoms with Crippen LogP contribution in [0.25, 0.3) is 0 Å². The van der Waals surface area contributed by atoms with Crippen LogP contribution in [0.1, 0.15) is 15.9 Å². The van der Waals surface area contributed by atoms with E-state index in [-0.39, 0.29) is 17.7 Å². The van der Waals surface area contributed by atoms with Crippen molar-refractivity contribution in [1.82, 2.24) is 0 Å². The maximum absolute atomic E-state index is 13.2. The highest BCUT2D eigenvalue weighted by Gasteiger charge is 2.11. The summed E-state index contributed by atoms with van der Waals surface area (Å²) in [5.41, 5.74) is 6.79. The Bertz CT molecular complexity index is 701. The first kappa shape index (κ1) is 14.5. The number of carboxylic acid groups (broad SMARTS) is 1. The molecule has 0 saturated carbocycles. The SMILES string of the molecule is Nc1ccc(F)cc1C(=O)Nc1cccc(CC(=O)O)c1. The van der Waals surface area contributed by atoms with Crippen LogP contribution in [0.4, 0.5) is 15.8 Å². The van der Waals surface area contributed by atoms with Gasteiger partial charge in [0.1, 0.15) is 5.82 Å². The number of aliphatic carboxylic acids is 1. The van der Waals surface area contributed by atoms with Gasteiger partial charge in [-0.1, -0.05) is 12.1 Å². The maximum Gasteiger partial charge on any atom is 0.307 e. The van der Waals surface area contributed by atoms with E-state index in [9.17, 15) is 14.0 Å². The van der Waals surface area contributed by atoms with Crippen molar-refractivity contribution in [2.75, 3.05) is 11.1 Å². The molecule has 2 aromatic carbocycles. The topological polar surface area (TPSA) is 92.4 Å². The van der Waals surface area contributed by atoms with Crippen LogP contribution in [0.15, 0.2) is 42.5 Å². The van der Waals surface area contributed by atoms with Crippen LogP contribution in [0.2, 0.25) is 0 Å². The number of nitrogen functional groups attached to an aromatic ring is 1. The normalized spacial score (nSPS) is 10.1. The number of rotatable bonds is 4. The Morgan fingerprint density at radius 2 is 1.95 bits per heavy atom. The number of benzene rings is 2. The number of carbonyl (C=O) groups is 2. The second-order valence-corrected chi connectivity index (χ2v) is 4.46. The Labute approximate surface area is 120 Å². The van der Waals surface area contributed by atoms with E-state index < -0.39 is 17.7 Å². The molecule has 0 atom stereocenters. The molecule has 5 nitrogen and oxygen atoms in total. The van der Waals surface area contributed by atoms with E-state index in [1.165, 1.54) is 12.1 Å². The first-order valence-electron chi connectivity index (χ1n) is 6.13. The minimum atomic E-state index is -0.965. The van der Waals surface area contributed by atoms with E-state index in [4.69, 9.17) is 10.8 Å². The van der Waals surface area contributed by atoms with Crippen molar-refractivity contribution in [2.45, 2.75) is 6.42 Å². The van der Waals surface area contributed by atoms with Gasteiger partial charge in [-0.3, -0.25) is 9.59 Å². The molecule has 0 aliphatic heterocycles. The smallest absolute Gasteiger partial charge is 0.307 e. The van der Waals surface area contributed by atoms with E-state index in [0.717, 1.165) is 6.07 Å². The summed E-state index contributed by atoms with van der Waals surface area (Å²) in [6, 6.07) is 9.94. The average molecular weight is 288 g/mol. The van der Waals surface area contributed by atoms with Gasteiger partial charge in [-0.2, -0.15) is 0 Å². The lowest BCUT2D eigenvalue weighted by atomic mass is 10.1. The fraction of sp³-hybridized carbons (Fsp3) is 0.0667. The largest absolute Gasteiger partial charge is 0.481 e. The fourth-order valence-electron chi connectivity index (χ4n) is 1.86. The quantitative estimate of drug-likeness (QED) is 0.752. The van der Waals surface area contributed by atoms with Gasteiger partial charge in [0, 0.05) is 11.4 Å². The number of carbonyl (C=O) groups excluding carboxylic acids is 1. The maximum atomic E-state index is 13.2. The summed E-state index contributed by atoms with van der Waals surface area (Å²) in [4.78, 5) is 22.7. The Morgan fingerprint density at radius 1 is 1.19 bits per heavy atom. The molecular weight excluding hydrogens is 275 g/mol. The van der Waals surface area contributed by atoms with Crippen molar-refractivity contribution in [3.63, 3.8) is 0 Å². The lowest BCUT2D eigenvalue weighted by Gasteiger charge is -2.08. The van der Waals surface area contributed by atoms with Gasteiger partial charge in [0.2, 0.25) is 0 Å². The molecule has 4 N–H and O–H groups in total. The molecule has 0 unspecified atom stereocenters. The summed E-state index contributed by atoms with van der Waals surface area (Å²) in [6.07, 6.45) is -0.147. The van der Waals surface area contributed by atoms with Gasteiger partial charge in [-0.05, 0) is 35.9 Å². The lowest BCUT2D eigenvalue weighted by molar-refractivity contribution is -0.136. The van der Waals surface area contributed by atoms with Crippen molar-refractivity contribution in [3.8, 4) is 0 Å². The van der Waals surface area contributed by atoms with Crippen LogP contribution < -0.4 is 11.1 Å². The lowest BCUT2D eigenvalue weighted by Crippen LogP contribution is -2.14. The van der Waals surface area contributed by atoms with Crippen LogP contribution in [0.3, 0.4) is 0 Å². The molecule has 2 aromatic rings. The number of anilines is 2. The monoisotopic (exact) mass is 288 g/mol. The highest BCUT2D eigenvalue weighted by Crippen LogP contribution is 2.17. The molecule has 0 heterocycles. The highest BCUT2D eigenvalue weighted by molar-refractivity contribution is 6.07. The number of nitrogens with one attached hydrogen (secondary N) is 1. The van der Waals surface area contributed by atoms with Crippen molar-refractivity contribution in [2.24, 2.45) is 0 Å². The molecule has 6 heteroatoms. The minimum absolute atomic E-state index is 0.0265. The van der Waals surface area contributed by atoms with Gasteiger partial charge in [0.05, 0.1) is 12.0 Å². The average Bonchev–Trinajstić information content (AvgIpc) is 2.41. The first-order chi connectivity index (χ1) is 9.95. The van der Waals surface area contributed by atoms with Crippen LogP contribution in [-0.4, -0.2) is 17.0 Å².